The molecule has 2 rings (SSSR count). The molecule has 3 unspecified atom stereocenters. The van der Waals surface area contributed by atoms with Crippen LogP contribution in [0.2, 0.25) is 0 Å². The lowest BCUT2D eigenvalue weighted by molar-refractivity contribution is -0.145. The maximum atomic E-state index is 11.6. The van der Waals surface area contributed by atoms with Crippen LogP contribution in [0.15, 0.2) is 0 Å². The molecular formula is C17H32N2O2. The summed E-state index contributed by atoms with van der Waals surface area (Å²) in [6.07, 6.45) is 9.29. The molecule has 0 amide bonds. The molecule has 21 heavy (non-hydrogen) atoms. The van der Waals surface area contributed by atoms with Gasteiger partial charge in [0.25, 0.3) is 0 Å². The molecule has 2 N–H and O–H groups in total. The minimum atomic E-state index is -0.722. The molecule has 0 aromatic rings. The number of likely N-dealkylation sites (N-methyl/N-ethyl adjacent to an activating group) is 1. The van der Waals surface area contributed by atoms with Crippen LogP contribution >= 0.6 is 0 Å². The van der Waals surface area contributed by atoms with Crippen molar-refractivity contribution in [1.82, 2.24) is 10.2 Å². The van der Waals surface area contributed by atoms with E-state index in [1.807, 2.05) is 13.8 Å². The molecule has 2 aliphatic rings. The zero-order valence-electron chi connectivity index (χ0n) is 13.7. The van der Waals surface area contributed by atoms with E-state index in [1.165, 1.54) is 38.6 Å². The minimum Gasteiger partial charge on any atom is -0.480 e. The maximum absolute atomic E-state index is 11.6. The third-order valence-electron chi connectivity index (χ3n) is 5.70. The van der Waals surface area contributed by atoms with Crippen LogP contribution in [0, 0.1) is 5.92 Å². The second kappa shape index (κ2) is 7.59. The van der Waals surface area contributed by atoms with E-state index in [0.29, 0.717) is 13.0 Å². The van der Waals surface area contributed by atoms with Crippen LogP contribution in [0.5, 0.6) is 0 Å². The first-order valence-corrected chi connectivity index (χ1v) is 8.85. The van der Waals surface area contributed by atoms with Gasteiger partial charge < -0.3 is 15.3 Å². The fraction of sp³-hybridized carbons (Fsp3) is 0.941. The Kier molecular flexibility index (Phi) is 6.06. The fourth-order valence-electron chi connectivity index (χ4n) is 4.43. The van der Waals surface area contributed by atoms with E-state index in [-0.39, 0.29) is 0 Å². The molecule has 2 fully saturated rings. The monoisotopic (exact) mass is 296 g/mol. The van der Waals surface area contributed by atoms with Gasteiger partial charge in [0, 0.05) is 6.04 Å². The molecule has 4 heteroatoms. The predicted octanol–water partition coefficient (Wildman–Crippen LogP) is 2.87. The van der Waals surface area contributed by atoms with Crippen LogP contribution in [-0.2, 0) is 4.79 Å². The molecule has 0 radical (unpaired) electrons. The highest BCUT2D eigenvalue weighted by atomic mass is 16.4. The van der Waals surface area contributed by atoms with E-state index < -0.39 is 11.5 Å². The number of fused-ring (bicyclic) bond motifs is 1. The summed E-state index contributed by atoms with van der Waals surface area (Å²) in [5, 5.41) is 12.8. The summed E-state index contributed by atoms with van der Waals surface area (Å²) in [7, 11) is 0. The zero-order chi connectivity index (χ0) is 15.3. The summed E-state index contributed by atoms with van der Waals surface area (Å²) in [6.45, 7) is 6.98. The van der Waals surface area contributed by atoms with Gasteiger partial charge in [-0.15, -0.1) is 0 Å². The quantitative estimate of drug-likeness (QED) is 0.723. The highest BCUT2D eigenvalue weighted by molar-refractivity contribution is 5.78. The van der Waals surface area contributed by atoms with Crippen molar-refractivity contribution in [3.8, 4) is 0 Å². The Morgan fingerprint density at radius 3 is 2.71 bits per heavy atom. The van der Waals surface area contributed by atoms with Crippen molar-refractivity contribution in [1.29, 1.82) is 0 Å². The molecule has 1 saturated heterocycles. The first-order chi connectivity index (χ1) is 10.1. The number of hydrogen-bond donors (Lipinski definition) is 2. The van der Waals surface area contributed by atoms with Gasteiger partial charge >= 0.3 is 5.97 Å². The number of hydrogen-bond acceptors (Lipinski definition) is 3. The van der Waals surface area contributed by atoms with Crippen LogP contribution in [0.3, 0.4) is 0 Å². The molecule has 4 nitrogen and oxygen atoms in total. The van der Waals surface area contributed by atoms with E-state index in [9.17, 15) is 9.90 Å². The molecule has 3 atom stereocenters. The first kappa shape index (κ1) is 16.8. The third kappa shape index (κ3) is 3.78. The van der Waals surface area contributed by atoms with Crippen molar-refractivity contribution < 1.29 is 9.90 Å². The largest absolute Gasteiger partial charge is 0.480 e. The van der Waals surface area contributed by atoms with Gasteiger partial charge in [0.05, 0.1) is 0 Å². The van der Waals surface area contributed by atoms with Gasteiger partial charge in [0.15, 0.2) is 0 Å². The second-order valence-corrected chi connectivity index (χ2v) is 6.81. The molecule has 1 heterocycles. The number of carbonyl (C=O) groups is 1. The van der Waals surface area contributed by atoms with Gasteiger partial charge in [-0.25, -0.2) is 0 Å². The van der Waals surface area contributed by atoms with Crippen LogP contribution < -0.4 is 5.32 Å². The predicted molar refractivity (Wildman–Crippen MR) is 85.5 cm³/mol. The Hall–Kier alpha value is -0.610. The van der Waals surface area contributed by atoms with Crippen molar-refractivity contribution in [2.75, 3.05) is 19.6 Å². The van der Waals surface area contributed by atoms with Gasteiger partial charge in [-0.2, -0.15) is 0 Å². The summed E-state index contributed by atoms with van der Waals surface area (Å²) < 4.78 is 0. The summed E-state index contributed by atoms with van der Waals surface area (Å²) in [6, 6.07) is 0.790. The van der Waals surface area contributed by atoms with Crippen LogP contribution in [0.25, 0.3) is 0 Å². The number of aliphatic carboxylic acids is 1. The van der Waals surface area contributed by atoms with Crippen LogP contribution in [0.1, 0.15) is 65.2 Å². The van der Waals surface area contributed by atoms with E-state index in [2.05, 4.69) is 10.2 Å². The number of nitrogens with zero attached hydrogens (tertiary/aromatic N) is 1. The van der Waals surface area contributed by atoms with Crippen molar-refractivity contribution in [2.24, 2.45) is 5.92 Å². The molecule has 1 aliphatic carbocycles. The molecule has 122 valence electrons. The second-order valence-electron chi connectivity index (χ2n) is 6.81. The SMILES string of the molecule is CCNC(CC)(CCCN1CCC2CCCCC21)C(=O)O. The van der Waals surface area contributed by atoms with Gasteiger partial charge in [0.1, 0.15) is 5.54 Å². The van der Waals surface area contributed by atoms with E-state index in [1.54, 1.807) is 0 Å². The Morgan fingerprint density at radius 2 is 2.05 bits per heavy atom. The van der Waals surface area contributed by atoms with E-state index in [4.69, 9.17) is 0 Å². The highest BCUT2D eigenvalue weighted by Gasteiger charge is 2.37. The zero-order valence-corrected chi connectivity index (χ0v) is 13.7. The Labute approximate surface area is 129 Å². The molecular weight excluding hydrogens is 264 g/mol. The molecule has 0 aromatic carbocycles. The number of likely N-dealkylation sites (tertiary alicyclic amines) is 1. The van der Waals surface area contributed by atoms with Crippen LogP contribution in [-0.4, -0.2) is 47.2 Å². The Bertz CT molecular complexity index is 348. The number of carboxylic acid groups (broad SMARTS) is 1. The lowest BCUT2D eigenvalue weighted by Gasteiger charge is -2.33. The van der Waals surface area contributed by atoms with Gasteiger partial charge in [-0.1, -0.05) is 26.7 Å². The smallest absolute Gasteiger partial charge is 0.323 e. The average Bonchev–Trinajstić information content (AvgIpc) is 2.89. The standard InChI is InChI=1S/C17H32N2O2/c1-3-17(16(20)21,18-4-2)11-7-12-19-13-10-14-8-5-6-9-15(14)19/h14-15,18H,3-13H2,1-2H3,(H,20,21). The molecule has 1 aliphatic heterocycles. The van der Waals surface area contributed by atoms with Crippen molar-refractivity contribution >= 4 is 5.97 Å². The fourth-order valence-corrected chi connectivity index (χ4v) is 4.43. The van der Waals surface area contributed by atoms with Gasteiger partial charge in [0.2, 0.25) is 0 Å². The number of rotatable bonds is 8. The Balaban J connectivity index is 1.83. The normalized spacial score (nSPS) is 29.0. The van der Waals surface area contributed by atoms with Crippen molar-refractivity contribution in [2.45, 2.75) is 76.8 Å². The van der Waals surface area contributed by atoms with Gasteiger partial charge in [-0.3, -0.25) is 4.79 Å². The molecule has 1 saturated carbocycles. The summed E-state index contributed by atoms with van der Waals surface area (Å²) in [5.74, 6) is 0.228. The lowest BCUT2D eigenvalue weighted by Crippen LogP contribution is -2.52. The molecule has 0 spiro atoms. The molecule has 0 aromatic heterocycles. The maximum Gasteiger partial charge on any atom is 0.323 e. The Morgan fingerprint density at radius 1 is 1.29 bits per heavy atom. The van der Waals surface area contributed by atoms with Crippen molar-refractivity contribution in [3.63, 3.8) is 0 Å². The van der Waals surface area contributed by atoms with Gasteiger partial charge in [-0.05, 0) is 64.1 Å². The lowest BCUT2D eigenvalue weighted by atomic mass is 9.85. The first-order valence-electron chi connectivity index (χ1n) is 8.85. The average molecular weight is 296 g/mol. The summed E-state index contributed by atoms with van der Waals surface area (Å²) >= 11 is 0. The van der Waals surface area contributed by atoms with Crippen molar-refractivity contribution in [3.05, 3.63) is 0 Å². The van der Waals surface area contributed by atoms with E-state index >= 15 is 0 Å². The number of nitrogens with one attached hydrogen (secondary N) is 1. The summed E-state index contributed by atoms with van der Waals surface area (Å²) in [4.78, 5) is 14.3. The molecule has 0 bridgehead atoms. The number of carboxylic acids is 1. The topological polar surface area (TPSA) is 52.6 Å². The third-order valence-corrected chi connectivity index (χ3v) is 5.70. The van der Waals surface area contributed by atoms with Crippen LogP contribution in [0.4, 0.5) is 0 Å². The highest BCUT2D eigenvalue weighted by Crippen LogP contribution is 2.36. The minimum absolute atomic E-state index is 0.655. The summed E-state index contributed by atoms with van der Waals surface area (Å²) in [5.41, 5.74) is -0.722. The van der Waals surface area contributed by atoms with E-state index in [0.717, 1.165) is 31.3 Å².